The van der Waals surface area contributed by atoms with Gasteiger partial charge in [-0.2, -0.15) is 30.4 Å². The molecule has 0 spiro atoms. The average molecular weight is 255 g/mol. The van der Waals surface area contributed by atoms with Gasteiger partial charge in [-0.3, -0.25) is 4.18 Å². The van der Waals surface area contributed by atoms with Crippen molar-refractivity contribution in [2.24, 2.45) is 0 Å². The van der Waals surface area contributed by atoms with Crippen molar-refractivity contribution in [3.05, 3.63) is 6.61 Å². The Morgan fingerprint density at radius 1 is 1.20 bits per heavy atom. The van der Waals surface area contributed by atoms with Gasteiger partial charge in [-0.15, -0.1) is 0 Å². The number of halogens is 5. The second-order valence-electron chi connectivity index (χ2n) is 2.71. The maximum Gasteiger partial charge on any atom is 0.453 e. The lowest BCUT2D eigenvalue weighted by atomic mass is 10.2. The fourth-order valence-electron chi connectivity index (χ4n) is 0.554. The molecule has 0 fully saturated rings. The van der Waals surface area contributed by atoms with E-state index in [9.17, 15) is 30.4 Å². The zero-order chi connectivity index (χ0) is 12.3. The molecular weight excluding hydrogens is 247 g/mol. The number of alkyl halides is 5. The first-order valence-electron chi connectivity index (χ1n) is 3.60. The van der Waals surface area contributed by atoms with Gasteiger partial charge >= 0.3 is 12.1 Å². The Labute approximate surface area is 83.3 Å². The summed E-state index contributed by atoms with van der Waals surface area (Å²) in [5, 5.41) is 0. The molecule has 0 unspecified atom stereocenters. The van der Waals surface area contributed by atoms with Crippen molar-refractivity contribution >= 4 is 10.1 Å². The van der Waals surface area contributed by atoms with Crippen molar-refractivity contribution in [1.82, 2.24) is 0 Å². The van der Waals surface area contributed by atoms with Crippen LogP contribution in [-0.4, -0.2) is 26.8 Å². The van der Waals surface area contributed by atoms with Gasteiger partial charge in [0, 0.05) is 6.42 Å². The lowest BCUT2D eigenvalue weighted by Gasteiger charge is -2.18. The maximum absolute atomic E-state index is 12.2. The minimum absolute atomic E-state index is 0.398. The van der Waals surface area contributed by atoms with Crippen molar-refractivity contribution in [2.75, 3.05) is 6.26 Å². The molecule has 0 bridgehead atoms. The molecule has 0 aromatic carbocycles. The van der Waals surface area contributed by atoms with E-state index in [4.69, 9.17) is 0 Å². The minimum atomic E-state index is -5.63. The van der Waals surface area contributed by atoms with Gasteiger partial charge in [-0.05, 0) is 6.42 Å². The predicted molar refractivity (Wildman–Crippen MR) is 40.5 cm³/mol. The molecule has 0 N–H and O–H groups in total. The van der Waals surface area contributed by atoms with Crippen LogP contribution in [0.4, 0.5) is 22.0 Å². The molecule has 0 aromatic heterocycles. The molecule has 15 heavy (non-hydrogen) atoms. The predicted octanol–water partition coefficient (Wildman–Crippen LogP) is 2.10. The Hall–Kier alpha value is -0.440. The van der Waals surface area contributed by atoms with E-state index < -0.39 is 35.1 Å². The van der Waals surface area contributed by atoms with Crippen LogP contribution in [0.15, 0.2) is 0 Å². The van der Waals surface area contributed by atoms with E-state index in [0.717, 1.165) is 0 Å². The standard InChI is InChI=1S/C6H8F5O3S/c1-15(12,13)14-4-2-3-5(7,8)6(9,10)11/h4H,2-3H2,1H3. The first kappa shape index (κ1) is 14.6. The highest BCUT2D eigenvalue weighted by Gasteiger charge is 2.56. The van der Waals surface area contributed by atoms with Crippen LogP contribution in [-0.2, 0) is 14.3 Å². The molecule has 3 nitrogen and oxygen atoms in total. The van der Waals surface area contributed by atoms with Gasteiger partial charge in [-0.1, -0.05) is 0 Å². The highest BCUT2D eigenvalue weighted by molar-refractivity contribution is 7.86. The summed E-state index contributed by atoms with van der Waals surface area (Å²) in [5.41, 5.74) is 0. The average Bonchev–Trinajstić information content (AvgIpc) is 1.94. The molecule has 0 rings (SSSR count). The van der Waals surface area contributed by atoms with Crippen molar-refractivity contribution < 1.29 is 34.6 Å². The van der Waals surface area contributed by atoms with Crippen LogP contribution in [0.1, 0.15) is 12.8 Å². The van der Waals surface area contributed by atoms with Crippen LogP contribution in [0, 0.1) is 6.61 Å². The topological polar surface area (TPSA) is 43.4 Å². The van der Waals surface area contributed by atoms with Crippen molar-refractivity contribution in [1.29, 1.82) is 0 Å². The molecule has 0 aliphatic rings. The van der Waals surface area contributed by atoms with Gasteiger partial charge < -0.3 is 0 Å². The summed E-state index contributed by atoms with van der Waals surface area (Å²) in [6, 6.07) is 0. The largest absolute Gasteiger partial charge is 0.453 e. The van der Waals surface area contributed by atoms with Gasteiger partial charge in [0.25, 0.3) is 10.1 Å². The van der Waals surface area contributed by atoms with Crippen LogP contribution in [0.5, 0.6) is 0 Å². The van der Waals surface area contributed by atoms with E-state index in [1.54, 1.807) is 0 Å². The van der Waals surface area contributed by atoms with Crippen molar-refractivity contribution in [3.8, 4) is 0 Å². The Kier molecular flexibility index (Phi) is 4.47. The second-order valence-corrected chi connectivity index (χ2v) is 4.31. The summed E-state index contributed by atoms with van der Waals surface area (Å²) in [6.07, 6.45) is -7.36. The smallest absolute Gasteiger partial charge is 0.264 e. The van der Waals surface area contributed by atoms with Crippen LogP contribution in [0.3, 0.4) is 0 Å². The molecule has 0 amide bonds. The number of hydrogen-bond acceptors (Lipinski definition) is 3. The second kappa shape index (κ2) is 4.60. The van der Waals surface area contributed by atoms with Crippen LogP contribution in [0.25, 0.3) is 0 Å². The van der Waals surface area contributed by atoms with E-state index in [2.05, 4.69) is 4.18 Å². The summed E-state index contributed by atoms with van der Waals surface area (Å²) in [7, 11) is -3.86. The normalized spacial score (nSPS) is 14.3. The molecule has 0 atom stereocenters. The van der Waals surface area contributed by atoms with Gasteiger partial charge in [0.05, 0.1) is 6.26 Å². The Balaban J connectivity index is 3.98. The van der Waals surface area contributed by atoms with Crippen molar-refractivity contribution in [2.45, 2.75) is 24.9 Å². The van der Waals surface area contributed by atoms with Gasteiger partial charge in [0.1, 0.15) is 6.61 Å². The summed E-state index contributed by atoms with van der Waals surface area (Å²) >= 11 is 0. The van der Waals surface area contributed by atoms with E-state index in [1.807, 2.05) is 0 Å². The van der Waals surface area contributed by atoms with E-state index >= 15 is 0 Å². The van der Waals surface area contributed by atoms with Gasteiger partial charge in [0.15, 0.2) is 0 Å². The zero-order valence-corrected chi connectivity index (χ0v) is 8.33. The Morgan fingerprint density at radius 3 is 2.00 bits per heavy atom. The molecule has 0 aromatic rings. The molecule has 0 aliphatic heterocycles. The Bertz CT molecular complexity index is 294. The lowest BCUT2D eigenvalue weighted by Crippen LogP contribution is -2.36. The molecule has 0 saturated carbocycles. The summed E-state index contributed by atoms with van der Waals surface area (Å²) in [4.78, 5) is 0. The molecular formula is C6H8F5O3S. The molecule has 1 radical (unpaired) electrons. The minimum Gasteiger partial charge on any atom is -0.264 e. The molecule has 0 saturated heterocycles. The SMILES string of the molecule is CS(=O)(=O)O[CH]CCC(F)(F)C(F)(F)F. The van der Waals surface area contributed by atoms with Crippen LogP contribution < -0.4 is 0 Å². The number of rotatable bonds is 5. The van der Waals surface area contributed by atoms with Gasteiger partial charge in [-0.25, -0.2) is 0 Å². The molecule has 0 aliphatic carbocycles. The maximum atomic E-state index is 12.2. The third kappa shape index (κ3) is 5.88. The van der Waals surface area contributed by atoms with E-state index in [0.29, 0.717) is 12.9 Å². The lowest BCUT2D eigenvalue weighted by molar-refractivity contribution is -0.284. The third-order valence-electron chi connectivity index (χ3n) is 1.23. The van der Waals surface area contributed by atoms with Crippen LogP contribution in [0.2, 0.25) is 0 Å². The fourth-order valence-corrected chi connectivity index (χ4v) is 0.897. The van der Waals surface area contributed by atoms with E-state index in [1.165, 1.54) is 0 Å². The summed E-state index contributed by atoms with van der Waals surface area (Å²) in [5.74, 6) is -4.84. The van der Waals surface area contributed by atoms with Crippen LogP contribution >= 0.6 is 0 Å². The van der Waals surface area contributed by atoms with Crippen molar-refractivity contribution in [3.63, 3.8) is 0 Å². The highest BCUT2D eigenvalue weighted by Crippen LogP contribution is 2.38. The third-order valence-corrected chi connectivity index (χ3v) is 1.72. The highest BCUT2D eigenvalue weighted by atomic mass is 32.2. The molecule has 91 valence electrons. The first-order valence-corrected chi connectivity index (χ1v) is 5.42. The summed E-state index contributed by atoms with van der Waals surface area (Å²) < 4.78 is 83.6. The number of hydrogen-bond donors (Lipinski definition) is 0. The Morgan fingerprint density at radius 2 is 1.67 bits per heavy atom. The molecule has 0 heterocycles. The van der Waals surface area contributed by atoms with E-state index in [-0.39, 0.29) is 0 Å². The first-order chi connectivity index (χ1) is 6.46. The quantitative estimate of drug-likeness (QED) is 0.429. The van der Waals surface area contributed by atoms with Gasteiger partial charge in [0.2, 0.25) is 0 Å². The molecule has 9 heteroatoms. The fraction of sp³-hybridized carbons (Fsp3) is 0.833. The summed E-state index contributed by atoms with van der Waals surface area (Å²) in [6.45, 7) is 0.398. The zero-order valence-electron chi connectivity index (χ0n) is 7.51. The monoisotopic (exact) mass is 255 g/mol.